The third-order valence-electron chi connectivity index (χ3n) is 2.66. The van der Waals surface area contributed by atoms with Crippen molar-refractivity contribution in [2.75, 3.05) is 0 Å². The second-order valence-corrected chi connectivity index (χ2v) is 5.88. The van der Waals surface area contributed by atoms with Gasteiger partial charge in [0, 0.05) is 10.0 Å². The molecule has 6 nitrogen and oxygen atoms in total. The molecule has 2 heterocycles. The quantitative estimate of drug-likeness (QED) is 0.580. The van der Waals surface area contributed by atoms with Crippen molar-refractivity contribution in [2.45, 2.75) is 6.61 Å². The number of halogens is 2. The van der Waals surface area contributed by atoms with E-state index in [9.17, 15) is 4.79 Å². The van der Waals surface area contributed by atoms with Crippen molar-refractivity contribution in [3.63, 3.8) is 0 Å². The molecular weight excluding hydrogens is 420 g/mol. The number of hydrogen-bond acceptors (Lipinski definition) is 6. The van der Waals surface area contributed by atoms with E-state index < -0.39 is 5.97 Å². The van der Waals surface area contributed by atoms with Crippen molar-refractivity contribution in [1.29, 1.82) is 0 Å². The van der Waals surface area contributed by atoms with Crippen LogP contribution in [0.5, 0.6) is 0 Å². The van der Waals surface area contributed by atoms with Gasteiger partial charge in [-0.2, -0.15) is 0 Å². The number of carbonyl (C=O) groups excluding carboxylic acids is 1. The Morgan fingerprint density at radius 1 is 1.05 bits per heavy atom. The highest BCUT2D eigenvalue weighted by Crippen LogP contribution is 2.21. The molecule has 0 radical (unpaired) electrons. The van der Waals surface area contributed by atoms with Crippen LogP contribution in [0.1, 0.15) is 16.4 Å². The minimum absolute atomic E-state index is 0.0968. The largest absolute Gasteiger partial charge is 0.450 e. The summed E-state index contributed by atoms with van der Waals surface area (Å²) in [5, 5.41) is 7.76. The van der Waals surface area contributed by atoms with Crippen molar-refractivity contribution in [3.8, 4) is 11.5 Å². The van der Waals surface area contributed by atoms with Gasteiger partial charge in [0.2, 0.25) is 11.7 Å². The van der Waals surface area contributed by atoms with E-state index in [1.807, 2.05) is 24.3 Å². The number of carbonyl (C=O) groups is 1. The minimum atomic E-state index is -0.603. The van der Waals surface area contributed by atoms with E-state index in [1.165, 1.54) is 6.07 Å². The molecule has 0 amide bonds. The van der Waals surface area contributed by atoms with Crippen LogP contribution in [-0.4, -0.2) is 16.2 Å². The lowest BCUT2D eigenvalue weighted by atomic mass is 10.2. The van der Waals surface area contributed by atoms with Crippen molar-refractivity contribution < 1.29 is 18.4 Å². The van der Waals surface area contributed by atoms with Crippen LogP contribution >= 0.6 is 31.9 Å². The van der Waals surface area contributed by atoms with Gasteiger partial charge in [0.05, 0.1) is 0 Å². The first-order valence-corrected chi connectivity index (χ1v) is 7.71. The van der Waals surface area contributed by atoms with Gasteiger partial charge in [0.25, 0.3) is 5.89 Å². The predicted octanol–water partition coefficient (Wildman–Crippen LogP) is 4.21. The topological polar surface area (TPSA) is 78.4 Å². The van der Waals surface area contributed by atoms with Crippen LogP contribution in [-0.2, 0) is 11.3 Å². The zero-order valence-corrected chi connectivity index (χ0v) is 14.1. The molecule has 3 rings (SSSR count). The second-order valence-electron chi connectivity index (χ2n) is 4.19. The Morgan fingerprint density at radius 3 is 2.50 bits per heavy atom. The molecule has 0 saturated carbocycles. The van der Waals surface area contributed by atoms with Gasteiger partial charge >= 0.3 is 5.97 Å². The number of rotatable bonds is 4. The van der Waals surface area contributed by atoms with Gasteiger partial charge in [0.1, 0.15) is 0 Å². The second kappa shape index (κ2) is 6.45. The molecule has 3 aromatic rings. The summed E-state index contributed by atoms with van der Waals surface area (Å²) in [6, 6.07) is 10.5. The zero-order valence-electron chi connectivity index (χ0n) is 11.0. The van der Waals surface area contributed by atoms with E-state index in [-0.39, 0.29) is 18.3 Å². The fourth-order valence-corrected chi connectivity index (χ4v) is 2.21. The SMILES string of the molecule is O=C(OCc1nnc(-c2ccc(Br)cc2)o1)c1ccc(Br)o1. The summed E-state index contributed by atoms with van der Waals surface area (Å²) in [7, 11) is 0. The molecule has 22 heavy (non-hydrogen) atoms. The van der Waals surface area contributed by atoms with Crippen molar-refractivity contribution in [1.82, 2.24) is 10.2 Å². The van der Waals surface area contributed by atoms with Crippen LogP contribution in [0.4, 0.5) is 0 Å². The first-order valence-electron chi connectivity index (χ1n) is 6.12. The predicted molar refractivity (Wildman–Crippen MR) is 83.0 cm³/mol. The van der Waals surface area contributed by atoms with Crippen LogP contribution in [0.3, 0.4) is 0 Å². The number of furan rings is 1. The first-order chi connectivity index (χ1) is 10.6. The molecule has 0 saturated heterocycles. The van der Waals surface area contributed by atoms with E-state index in [0.717, 1.165) is 10.0 Å². The minimum Gasteiger partial charge on any atom is -0.450 e. The lowest BCUT2D eigenvalue weighted by molar-refractivity contribution is 0.0401. The van der Waals surface area contributed by atoms with Gasteiger partial charge in [0.15, 0.2) is 11.3 Å². The van der Waals surface area contributed by atoms with E-state index in [2.05, 4.69) is 42.1 Å². The highest BCUT2D eigenvalue weighted by molar-refractivity contribution is 9.10. The van der Waals surface area contributed by atoms with Gasteiger partial charge < -0.3 is 13.6 Å². The number of aromatic nitrogens is 2. The maximum absolute atomic E-state index is 11.7. The summed E-state index contributed by atoms with van der Waals surface area (Å²) in [6.07, 6.45) is 0. The number of ether oxygens (including phenoxy) is 1. The Bertz CT molecular complexity index is 795. The average Bonchev–Trinajstić information content (AvgIpc) is 3.15. The van der Waals surface area contributed by atoms with Crippen molar-refractivity contribution in [2.24, 2.45) is 0 Å². The van der Waals surface area contributed by atoms with Crippen LogP contribution in [0.2, 0.25) is 0 Å². The molecule has 0 fully saturated rings. The fourth-order valence-electron chi connectivity index (χ4n) is 1.64. The third kappa shape index (κ3) is 3.45. The van der Waals surface area contributed by atoms with Crippen LogP contribution < -0.4 is 0 Å². The summed E-state index contributed by atoms with van der Waals surface area (Å²) < 4.78 is 17.0. The Labute approximate surface area is 141 Å². The highest BCUT2D eigenvalue weighted by Gasteiger charge is 2.15. The number of hydrogen-bond donors (Lipinski definition) is 0. The standard InChI is InChI=1S/C14H8Br2N2O4/c15-9-3-1-8(2-4-9)13-18-17-12(22-13)7-20-14(19)10-5-6-11(16)21-10/h1-6H,7H2. The van der Waals surface area contributed by atoms with Gasteiger partial charge in [-0.1, -0.05) is 15.9 Å². The molecule has 0 spiro atoms. The van der Waals surface area contributed by atoms with E-state index >= 15 is 0 Å². The normalized spacial score (nSPS) is 10.6. The monoisotopic (exact) mass is 426 g/mol. The lowest BCUT2D eigenvalue weighted by Crippen LogP contribution is -2.04. The Morgan fingerprint density at radius 2 is 1.82 bits per heavy atom. The molecule has 0 N–H and O–H groups in total. The molecule has 8 heteroatoms. The van der Waals surface area contributed by atoms with E-state index in [0.29, 0.717) is 10.6 Å². The fraction of sp³-hybridized carbons (Fsp3) is 0.0714. The Kier molecular flexibility index (Phi) is 4.39. The maximum atomic E-state index is 11.7. The van der Waals surface area contributed by atoms with Gasteiger partial charge in [-0.25, -0.2) is 4.79 Å². The highest BCUT2D eigenvalue weighted by atomic mass is 79.9. The summed E-state index contributed by atoms with van der Waals surface area (Å²) in [5.41, 5.74) is 0.781. The number of benzene rings is 1. The first kappa shape index (κ1) is 15.0. The number of nitrogens with zero attached hydrogens (tertiary/aromatic N) is 2. The Hall–Kier alpha value is -1.93. The molecular formula is C14H8Br2N2O4. The van der Waals surface area contributed by atoms with E-state index in [4.69, 9.17) is 13.6 Å². The molecule has 0 atom stereocenters. The molecule has 2 aromatic heterocycles. The van der Waals surface area contributed by atoms with Gasteiger partial charge in [-0.3, -0.25) is 0 Å². The molecule has 112 valence electrons. The van der Waals surface area contributed by atoms with E-state index in [1.54, 1.807) is 6.07 Å². The smallest absolute Gasteiger partial charge is 0.374 e. The molecule has 0 aliphatic rings. The lowest BCUT2D eigenvalue weighted by Gasteiger charge is -1.98. The maximum Gasteiger partial charge on any atom is 0.374 e. The van der Waals surface area contributed by atoms with Gasteiger partial charge in [-0.15, -0.1) is 10.2 Å². The average molecular weight is 428 g/mol. The number of esters is 1. The molecule has 0 bridgehead atoms. The molecule has 0 aliphatic heterocycles. The Balaban J connectivity index is 1.64. The summed E-state index contributed by atoms with van der Waals surface area (Å²) in [5.74, 6) is 0.0600. The summed E-state index contributed by atoms with van der Waals surface area (Å²) in [6.45, 7) is -0.124. The molecule has 0 unspecified atom stereocenters. The third-order valence-corrected chi connectivity index (χ3v) is 3.61. The van der Waals surface area contributed by atoms with Crippen molar-refractivity contribution in [3.05, 3.63) is 57.2 Å². The molecule has 0 aliphatic carbocycles. The summed E-state index contributed by atoms with van der Waals surface area (Å²) in [4.78, 5) is 11.7. The van der Waals surface area contributed by atoms with Gasteiger partial charge in [-0.05, 0) is 52.3 Å². The van der Waals surface area contributed by atoms with Crippen LogP contribution in [0, 0.1) is 0 Å². The zero-order chi connectivity index (χ0) is 15.5. The van der Waals surface area contributed by atoms with Crippen LogP contribution in [0.25, 0.3) is 11.5 Å². The summed E-state index contributed by atoms with van der Waals surface area (Å²) >= 11 is 6.46. The van der Waals surface area contributed by atoms with Crippen molar-refractivity contribution >= 4 is 37.8 Å². The molecule has 1 aromatic carbocycles. The van der Waals surface area contributed by atoms with Crippen LogP contribution in [0.15, 0.2) is 54.4 Å².